The molecule has 31 heteroatoms. The Labute approximate surface area is 759 Å². The number of ether oxygens (including phenoxy) is 3. The number of aromatic nitrogens is 12. The minimum absolute atomic E-state index is 0. The average molecular weight is 1820 g/mol. The van der Waals surface area contributed by atoms with Crippen molar-refractivity contribution in [2.45, 2.75) is 350 Å². The average Bonchev–Trinajstić information content (AvgIpc) is 1.69. The first-order chi connectivity index (χ1) is 61.0. The molecule has 0 saturated heterocycles. The van der Waals surface area contributed by atoms with Gasteiger partial charge in [-0.2, -0.15) is 0 Å². The highest BCUT2D eigenvalue weighted by Crippen LogP contribution is 2.37. The molecule has 0 aliphatic carbocycles. The Bertz CT molecular complexity index is 4010. The number of nitrogens with zero attached hydrogens (tertiary/aromatic N) is 12. The first-order valence-corrected chi connectivity index (χ1v) is 53.1. The number of imidazole rings is 3. The zero-order valence-corrected chi connectivity index (χ0v) is 79.9. The third-order valence-electron chi connectivity index (χ3n) is 20.6. The van der Waals surface area contributed by atoms with Crippen molar-refractivity contribution >= 4 is 73.5 Å². The summed E-state index contributed by atoms with van der Waals surface area (Å²) in [6, 6.07) is 0. The van der Waals surface area contributed by atoms with Gasteiger partial charge in [0.05, 0.1) is 38.8 Å². The summed E-state index contributed by atoms with van der Waals surface area (Å²) >= 11 is 0. The highest BCUT2D eigenvalue weighted by atomic mass is 31.2. The molecular weight excluding hydrogens is 1640 g/mol. The Morgan fingerprint density at radius 1 is 0.325 bits per heavy atom. The second-order valence-electron chi connectivity index (χ2n) is 32.0. The van der Waals surface area contributed by atoms with Gasteiger partial charge in [-0.05, 0) is 148 Å². The Morgan fingerprint density at radius 2 is 0.587 bits per heavy atom. The fraction of sp³-hybridized carbons (Fsp3) is 0.674. The van der Waals surface area contributed by atoms with Crippen molar-refractivity contribution in [3.05, 3.63) is 135 Å². The third-order valence-corrected chi connectivity index (χ3v) is 24.4. The molecule has 6 rings (SSSR count). The van der Waals surface area contributed by atoms with Crippen molar-refractivity contribution in [1.82, 2.24) is 73.8 Å². The monoisotopic (exact) mass is 1810 g/mol. The Balaban J connectivity index is 0.000000626. The second kappa shape index (κ2) is 79.2. The van der Waals surface area contributed by atoms with E-state index in [0.29, 0.717) is 77.9 Å². The van der Waals surface area contributed by atoms with Crippen LogP contribution in [0.4, 0.5) is 17.5 Å². The molecule has 0 amide bonds. The van der Waals surface area contributed by atoms with Gasteiger partial charge < -0.3 is 65.5 Å². The van der Waals surface area contributed by atoms with Gasteiger partial charge in [-0.25, -0.2) is 49.9 Å². The summed E-state index contributed by atoms with van der Waals surface area (Å²) < 4.78 is 58.3. The predicted molar refractivity (Wildman–Crippen MR) is 529 cm³/mol. The number of fused-ring (bicyclic) bond motifs is 3. The summed E-state index contributed by atoms with van der Waals surface area (Å²) in [4.78, 5) is 64.1. The molecule has 14 N–H and O–H groups in total. The van der Waals surface area contributed by atoms with Crippen LogP contribution in [-0.2, 0) is 47.5 Å². The van der Waals surface area contributed by atoms with Crippen LogP contribution in [0.2, 0.25) is 0 Å². The van der Waals surface area contributed by atoms with E-state index in [2.05, 4.69) is 185 Å². The number of nitrogens with one attached hydrogen (secondary N) is 3. The minimum atomic E-state index is -4.12. The number of hydrogen-bond acceptors (Lipinski definition) is 19. The molecule has 6 aromatic heterocycles. The standard InChI is InChI=1S/C43H76N7O2P.C25H43N6O3P.C18H35N.C8H12N5O4P.CH4/c1-3-5-7-9-11-13-15-17-19-21-23-25-27-29-31-33-35-49-53(51,40-52-37-36-50-39-47-41-42(44)45-38-46-43(41)50)48-34-32-30-28-26-24-22-20-18-16-14-12-10-8-6-4-2;1-2-3-4-5-6-7-8-9-10-11-12-13-14-15-16-17-30-35(32,33)22-34-19-18-31-21-29-23-24(26)27-20-28-25(23)31;1-2-3-4-5-6-7-8-9-10-11-12-13-14-15-16-17-18-19;9-7-6-8(11-3-10-7)13(4-12-6)1-2-17-5-18(14,15)16;/h10-13,16-19,38-39H,3-9,14-15,20-37,40H2,1-2H3,(H2,44,45,46)(H2,48,49,51);5-6,8-9,20-21H,2-4,7,10-19,22H2,1H3,(H2,26,27,28)(H2,30,32,33);6-7,9-10H,2-5,8,11-19H2,1H3;3-4H,1-2,5H2,(H2,9,10,11)(H2,14,15,16);1H4/b12-10-,13-11-,18-16-,19-17-;6-5-,9-8-;7-6-,10-9-;;. The largest absolute Gasteiger partial charge is 0.382 e. The summed E-state index contributed by atoms with van der Waals surface area (Å²) in [6.07, 6.45) is 101. The van der Waals surface area contributed by atoms with Gasteiger partial charge in [0, 0.05) is 39.3 Å². The molecule has 28 nitrogen and oxygen atoms in total. The maximum absolute atomic E-state index is 13.9. The molecule has 6 aromatic rings. The van der Waals surface area contributed by atoms with Gasteiger partial charge in [0.2, 0.25) is 7.44 Å². The lowest BCUT2D eigenvalue weighted by molar-refractivity contribution is 0.149. The first kappa shape index (κ1) is 115. The van der Waals surface area contributed by atoms with Crippen LogP contribution >= 0.6 is 22.6 Å². The molecule has 714 valence electrons. The summed E-state index contributed by atoms with van der Waals surface area (Å²) in [5.41, 5.74) is 26.3. The molecule has 0 radical (unpaired) electrons. The summed E-state index contributed by atoms with van der Waals surface area (Å²) in [7, 11) is -10.5. The van der Waals surface area contributed by atoms with Gasteiger partial charge in [0.25, 0.3) is 7.52 Å². The molecule has 126 heavy (non-hydrogen) atoms. The van der Waals surface area contributed by atoms with Crippen LogP contribution in [0.15, 0.2) is 135 Å². The fourth-order valence-corrected chi connectivity index (χ4v) is 16.4. The van der Waals surface area contributed by atoms with Gasteiger partial charge in [-0.1, -0.05) is 286 Å². The minimum Gasteiger partial charge on any atom is -0.382 e. The number of unbranched alkanes of at least 4 members (excludes halogenated alkanes) is 34. The van der Waals surface area contributed by atoms with Crippen LogP contribution in [0.1, 0.15) is 330 Å². The van der Waals surface area contributed by atoms with Gasteiger partial charge in [0.15, 0.2) is 34.4 Å². The van der Waals surface area contributed by atoms with E-state index in [1.165, 1.54) is 244 Å². The molecular formula is C95H170N19O9P3. The number of nitrogens with two attached hydrogens (primary N) is 4. The SMILES string of the molecule is C.CCCC/C=C\C/C=C\CCCCCCCCNP(=O)(COCCn1cnc2c(N)ncnc21)NCCCCCCCC/C=C\C/C=C\CCCCC.CCCC/C=C\C/C=C\CCCCCCCCNP(=O)(O)COCCn1cnc2c(N)ncnc21.CCCCC/C=C\C/C=C\CCCCCCCCN.Nc1ncnc2c1ncn2CCOCP(=O)(O)O. The second-order valence-corrected chi connectivity index (χ2v) is 37.9. The molecule has 0 bridgehead atoms. The van der Waals surface area contributed by atoms with E-state index in [0.717, 1.165) is 96.7 Å². The van der Waals surface area contributed by atoms with Crippen molar-refractivity contribution in [3.8, 4) is 0 Å². The molecule has 0 spiro atoms. The van der Waals surface area contributed by atoms with E-state index < -0.39 is 28.9 Å². The number of allylic oxidation sites excluding steroid dienone is 16. The molecule has 2 unspecified atom stereocenters. The highest BCUT2D eigenvalue weighted by molar-refractivity contribution is 7.59. The molecule has 2 atom stereocenters. The van der Waals surface area contributed by atoms with Gasteiger partial charge in [0.1, 0.15) is 54.6 Å². The Hall–Kier alpha value is -6.74. The van der Waals surface area contributed by atoms with Crippen molar-refractivity contribution in [2.75, 3.05) is 82.2 Å². The fourth-order valence-electron chi connectivity index (χ4n) is 13.3. The topological polar surface area (TPSA) is 411 Å². The van der Waals surface area contributed by atoms with E-state index in [1.807, 2.05) is 4.57 Å². The van der Waals surface area contributed by atoms with Gasteiger partial charge in [-0.3, -0.25) is 23.9 Å². The Kier molecular flexibility index (Phi) is 72.5. The number of nitrogen functional groups attached to an aromatic ring is 3. The van der Waals surface area contributed by atoms with Crippen LogP contribution in [0.3, 0.4) is 0 Å². The maximum atomic E-state index is 13.9. The van der Waals surface area contributed by atoms with Crippen molar-refractivity contribution in [1.29, 1.82) is 0 Å². The Morgan fingerprint density at radius 3 is 0.889 bits per heavy atom. The predicted octanol–water partition coefficient (Wildman–Crippen LogP) is 23.5. The van der Waals surface area contributed by atoms with Crippen molar-refractivity contribution < 1.29 is 42.6 Å². The lowest BCUT2D eigenvalue weighted by Gasteiger charge is -2.21. The van der Waals surface area contributed by atoms with E-state index >= 15 is 0 Å². The van der Waals surface area contributed by atoms with Gasteiger partial charge in [-0.15, -0.1) is 0 Å². The van der Waals surface area contributed by atoms with E-state index in [-0.39, 0.29) is 39.2 Å². The summed E-state index contributed by atoms with van der Waals surface area (Å²) in [6.45, 7) is 14.0. The molecule has 0 aromatic carbocycles. The van der Waals surface area contributed by atoms with Crippen LogP contribution < -0.4 is 38.2 Å². The summed E-state index contributed by atoms with van der Waals surface area (Å²) in [5, 5.41) is 9.48. The van der Waals surface area contributed by atoms with Crippen molar-refractivity contribution in [3.63, 3.8) is 0 Å². The zero-order chi connectivity index (χ0) is 90.3. The van der Waals surface area contributed by atoms with E-state index in [1.54, 1.807) is 21.8 Å². The number of anilines is 3. The van der Waals surface area contributed by atoms with Crippen LogP contribution in [0.25, 0.3) is 33.5 Å². The maximum Gasteiger partial charge on any atom is 0.350 e. The molecule has 6 heterocycles. The molecule has 0 aliphatic heterocycles. The normalized spacial score (nSPS) is 13.1. The van der Waals surface area contributed by atoms with Crippen LogP contribution in [-0.4, -0.2) is 138 Å². The molecule has 0 aliphatic rings. The highest BCUT2D eigenvalue weighted by Gasteiger charge is 2.22. The van der Waals surface area contributed by atoms with Gasteiger partial charge >= 0.3 is 7.60 Å². The molecule has 0 fully saturated rings. The van der Waals surface area contributed by atoms with E-state index in [4.69, 9.17) is 46.9 Å². The molecule has 0 saturated carbocycles. The quantitative estimate of drug-likeness (QED) is 0.00963. The number of rotatable bonds is 75. The first-order valence-electron chi connectivity index (χ1n) is 47.6. The number of hydrogen-bond donors (Lipinski definition) is 10. The lowest BCUT2D eigenvalue weighted by Crippen LogP contribution is -2.27. The van der Waals surface area contributed by atoms with Crippen LogP contribution in [0, 0.1) is 0 Å². The third kappa shape index (κ3) is 61.7. The van der Waals surface area contributed by atoms with Crippen LogP contribution in [0.5, 0.6) is 0 Å². The smallest absolute Gasteiger partial charge is 0.350 e. The van der Waals surface area contributed by atoms with E-state index in [9.17, 15) is 18.6 Å². The lowest BCUT2D eigenvalue weighted by atomic mass is 10.1. The zero-order valence-electron chi connectivity index (χ0n) is 77.2. The summed E-state index contributed by atoms with van der Waals surface area (Å²) in [5.74, 6) is 0.980. The van der Waals surface area contributed by atoms with Crippen molar-refractivity contribution in [2.24, 2.45) is 5.73 Å².